The highest BCUT2D eigenvalue weighted by molar-refractivity contribution is 9.10. The third kappa shape index (κ3) is 1.87. The Morgan fingerprint density at radius 1 is 1.78 bits per heavy atom. The van der Waals surface area contributed by atoms with Gasteiger partial charge in [-0.05, 0) is 15.9 Å². The molecular formula is C4H7BrClN3. The molecule has 1 aromatic heterocycles. The predicted molar refractivity (Wildman–Crippen MR) is 42.6 cm³/mol. The highest BCUT2D eigenvalue weighted by Gasteiger charge is 1.94. The van der Waals surface area contributed by atoms with Crippen LogP contribution >= 0.6 is 28.3 Å². The van der Waals surface area contributed by atoms with E-state index >= 15 is 0 Å². The zero-order chi connectivity index (χ0) is 6.15. The molecule has 0 spiro atoms. The summed E-state index contributed by atoms with van der Waals surface area (Å²) in [4.78, 5) is 3.87. The van der Waals surface area contributed by atoms with Gasteiger partial charge in [0.05, 0.1) is 0 Å². The number of hydrogen-bond acceptors (Lipinski definition) is 2. The smallest absolute Gasteiger partial charge is 0.200 e. The Morgan fingerprint density at radius 3 is 2.44 bits per heavy atom. The number of aryl methyl sites for hydroxylation is 1. The van der Waals surface area contributed by atoms with E-state index in [-0.39, 0.29) is 12.4 Å². The SMILES string of the molecule is Cl.Cn1cc(Br)nc1N. The molecule has 2 N–H and O–H groups in total. The minimum atomic E-state index is 0. The van der Waals surface area contributed by atoms with Crippen molar-refractivity contribution in [3.8, 4) is 0 Å². The van der Waals surface area contributed by atoms with Crippen molar-refractivity contribution in [1.82, 2.24) is 9.55 Å². The average molecular weight is 212 g/mol. The molecule has 1 aromatic rings. The van der Waals surface area contributed by atoms with Gasteiger partial charge >= 0.3 is 0 Å². The normalized spacial score (nSPS) is 8.67. The fourth-order valence-electron chi connectivity index (χ4n) is 0.443. The van der Waals surface area contributed by atoms with Crippen molar-refractivity contribution in [2.24, 2.45) is 7.05 Å². The Balaban J connectivity index is 0.000000640. The molecule has 3 nitrogen and oxygen atoms in total. The van der Waals surface area contributed by atoms with E-state index in [9.17, 15) is 0 Å². The van der Waals surface area contributed by atoms with E-state index in [2.05, 4.69) is 20.9 Å². The molecule has 0 amide bonds. The maximum atomic E-state index is 5.36. The first-order valence-electron chi connectivity index (χ1n) is 2.14. The van der Waals surface area contributed by atoms with E-state index in [0.29, 0.717) is 5.95 Å². The summed E-state index contributed by atoms with van der Waals surface area (Å²) in [6, 6.07) is 0. The lowest BCUT2D eigenvalue weighted by molar-refractivity contribution is 0.930. The molecule has 52 valence electrons. The zero-order valence-electron chi connectivity index (χ0n) is 4.84. The third-order valence-corrected chi connectivity index (χ3v) is 1.26. The fourth-order valence-corrected chi connectivity index (χ4v) is 0.932. The molecular weight excluding hydrogens is 205 g/mol. The molecule has 0 aromatic carbocycles. The number of aromatic nitrogens is 2. The van der Waals surface area contributed by atoms with E-state index in [1.807, 2.05) is 7.05 Å². The molecule has 0 atom stereocenters. The summed E-state index contributed by atoms with van der Waals surface area (Å²) < 4.78 is 2.52. The lowest BCUT2D eigenvalue weighted by atomic mass is 10.9. The van der Waals surface area contributed by atoms with Gasteiger partial charge in [-0.1, -0.05) is 0 Å². The molecule has 0 fully saturated rings. The molecule has 0 aliphatic rings. The number of nitrogens with two attached hydrogens (primary N) is 1. The molecule has 0 saturated carbocycles. The summed E-state index contributed by atoms with van der Waals surface area (Å²) in [6.45, 7) is 0. The van der Waals surface area contributed by atoms with Gasteiger partial charge in [-0.25, -0.2) is 4.98 Å². The molecule has 1 rings (SSSR count). The monoisotopic (exact) mass is 211 g/mol. The van der Waals surface area contributed by atoms with Crippen LogP contribution in [0.4, 0.5) is 5.95 Å². The molecule has 0 aliphatic heterocycles. The Labute approximate surface area is 67.8 Å². The third-order valence-electron chi connectivity index (χ3n) is 0.883. The van der Waals surface area contributed by atoms with Crippen molar-refractivity contribution in [1.29, 1.82) is 0 Å². The molecule has 1 heterocycles. The second-order valence-corrected chi connectivity index (χ2v) is 2.35. The van der Waals surface area contributed by atoms with Crippen LogP contribution in [0.1, 0.15) is 0 Å². The Bertz CT molecular complexity index is 178. The minimum absolute atomic E-state index is 0. The summed E-state index contributed by atoms with van der Waals surface area (Å²) >= 11 is 3.17. The standard InChI is InChI=1S/C4H6BrN3.ClH/c1-8-2-3(5)7-4(8)6;/h2H,1H3,(H2,6,7);1H. The van der Waals surface area contributed by atoms with Crippen LogP contribution < -0.4 is 5.73 Å². The summed E-state index contributed by atoms with van der Waals surface area (Å²) in [5.41, 5.74) is 5.36. The topological polar surface area (TPSA) is 43.8 Å². The van der Waals surface area contributed by atoms with Gasteiger partial charge in [0.25, 0.3) is 0 Å². The van der Waals surface area contributed by atoms with Crippen LogP contribution in [0.3, 0.4) is 0 Å². The number of imidazole rings is 1. The van der Waals surface area contributed by atoms with Crippen LogP contribution in [0.5, 0.6) is 0 Å². The van der Waals surface area contributed by atoms with Crippen LogP contribution in [0.15, 0.2) is 10.8 Å². The Morgan fingerprint density at radius 2 is 2.33 bits per heavy atom. The van der Waals surface area contributed by atoms with Crippen LogP contribution in [-0.4, -0.2) is 9.55 Å². The van der Waals surface area contributed by atoms with E-state index in [1.54, 1.807) is 10.8 Å². The molecule has 0 saturated heterocycles. The largest absolute Gasteiger partial charge is 0.369 e. The van der Waals surface area contributed by atoms with Gasteiger partial charge in [-0.2, -0.15) is 0 Å². The lowest BCUT2D eigenvalue weighted by Gasteiger charge is -1.87. The highest BCUT2D eigenvalue weighted by atomic mass is 79.9. The average Bonchev–Trinajstić information content (AvgIpc) is 1.85. The van der Waals surface area contributed by atoms with E-state index in [0.717, 1.165) is 4.60 Å². The van der Waals surface area contributed by atoms with Gasteiger partial charge in [-0.15, -0.1) is 12.4 Å². The summed E-state index contributed by atoms with van der Waals surface area (Å²) in [5, 5.41) is 0. The highest BCUT2D eigenvalue weighted by Crippen LogP contribution is 2.07. The van der Waals surface area contributed by atoms with Crippen LogP contribution in [-0.2, 0) is 7.05 Å². The molecule has 0 radical (unpaired) electrons. The van der Waals surface area contributed by atoms with E-state index in [1.165, 1.54) is 0 Å². The Hall–Kier alpha value is -0.220. The maximum Gasteiger partial charge on any atom is 0.200 e. The molecule has 0 unspecified atom stereocenters. The number of nitrogen functional groups attached to an aromatic ring is 1. The number of anilines is 1. The Kier molecular flexibility index (Phi) is 3.00. The van der Waals surface area contributed by atoms with Gasteiger partial charge in [0.1, 0.15) is 4.60 Å². The molecule has 0 aliphatic carbocycles. The quantitative estimate of drug-likeness (QED) is 0.702. The summed E-state index contributed by atoms with van der Waals surface area (Å²) in [5.74, 6) is 0.525. The number of nitrogens with zero attached hydrogens (tertiary/aromatic N) is 2. The number of halogens is 2. The van der Waals surface area contributed by atoms with Gasteiger partial charge in [0, 0.05) is 13.2 Å². The molecule has 5 heteroatoms. The zero-order valence-corrected chi connectivity index (χ0v) is 7.24. The first-order valence-corrected chi connectivity index (χ1v) is 2.94. The second-order valence-electron chi connectivity index (χ2n) is 1.53. The first-order chi connectivity index (χ1) is 3.70. The summed E-state index contributed by atoms with van der Waals surface area (Å²) in [6.07, 6.45) is 1.80. The van der Waals surface area contributed by atoms with Crippen LogP contribution in [0.2, 0.25) is 0 Å². The lowest BCUT2D eigenvalue weighted by Crippen LogP contribution is -1.94. The fraction of sp³-hybridized carbons (Fsp3) is 0.250. The van der Waals surface area contributed by atoms with Crippen LogP contribution in [0.25, 0.3) is 0 Å². The summed E-state index contributed by atoms with van der Waals surface area (Å²) in [7, 11) is 1.84. The molecule has 9 heavy (non-hydrogen) atoms. The van der Waals surface area contributed by atoms with Crippen molar-refractivity contribution >= 4 is 34.3 Å². The first kappa shape index (κ1) is 8.78. The van der Waals surface area contributed by atoms with Crippen molar-refractivity contribution in [3.63, 3.8) is 0 Å². The number of rotatable bonds is 0. The number of hydrogen-bond donors (Lipinski definition) is 1. The maximum absolute atomic E-state index is 5.36. The molecule has 0 bridgehead atoms. The predicted octanol–water partition coefficient (Wildman–Crippen LogP) is 1.19. The minimum Gasteiger partial charge on any atom is -0.369 e. The van der Waals surface area contributed by atoms with Gasteiger partial charge < -0.3 is 10.3 Å². The van der Waals surface area contributed by atoms with Crippen molar-refractivity contribution in [2.45, 2.75) is 0 Å². The second kappa shape index (κ2) is 3.08. The van der Waals surface area contributed by atoms with E-state index < -0.39 is 0 Å². The van der Waals surface area contributed by atoms with Gasteiger partial charge in [0.2, 0.25) is 5.95 Å². The van der Waals surface area contributed by atoms with Gasteiger partial charge in [0.15, 0.2) is 0 Å². The van der Waals surface area contributed by atoms with Crippen molar-refractivity contribution in [2.75, 3.05) is 5.73 Å². The van der Waals surface area contributed by atoms with Crippen LogP contribution in [0, 0.1) is 0 Å². The van der Waals surface area contributed by atoms with Crippen molar-refractivity contribution in [3.05, 3.63) is 10.8 Å². The van der Waals surface area contributed by atoms with Gasteiger partial charge in [-0.3, -0.25) is 0 Å². The van der Waals surface area contributed by atoms with Crippen molar-refractivity contribution < 1.29 is 0 Å². The van der Waals surface area contributed by atoms with E-state index in [4.69, 9.17) is 5.73 Å².